The maximum Gasteiger partial charge on any atom is 0.165 e. The lowest BCUT2D eigenvalue weighted by atomic mass is 9.98. The number of nitrogens with zero attached hydrogens (tertiary/aromatic N) is 4. The largest absolute Gasteiger partial charge is 0.505 e. The molecule has 0 amide bonds. The summed E-state index contributed by atoms with van der Waals surface area (Å²) < 4.78 is 4.48. The normalized spacial score (nSPS) is 11.6. The summed E-state index contributed by atoms with van der Waals surface area (Å²) in [6.07, 6.45) is 0. The Morgan fingerprint density at radius 3 is 1.85 bits per heavy atom. The summed E-state index contributed by atoms with van der Waals surface area (Å²) in [5.74, 6) is 2.07. The van der Waals surface area contributed by atoms with Gasteiger partial charge < -0.3 is 9.67 Å². The van der Waals surface area contributed by atoms with E-state index in [9.17, 15) is 5.11 Å². The Bertz CT molecular complexity index is 2930. The topological polar surface area (TPSA) is 63.8 Å². The molecule has 0 spiro atoms. The molecule has 10 aromatic rings. The second-order valence-electron chi connectivity index (χ2n) is 13.0. The minimum absolute atomic E-state index is 0.248. The highest BCUT2D eigenvalue weighted by Gasteiger charge is 2.23. The predicted molar refractivity (Wildman–Crippen MR) is 215 cm³/mol. The molecule has 0 aliphatic rings. The van der Waals surface area contributed by atoms with Crippen molar-refractivity contribution < 1.29 is 5.11 Å². The zero-order valence-corrected chi connectivity index (χ0v) is 29.0. The fourth-order valence-corrected chi connectivity index (χ4v) is 8.63. The van der Waals surface area contributed by atoms with E-state index in [2.05, 4.69) is 90.4 Å². The number of para-hydroxylation sites is 1. The van der Waals surface area contributed by atoms with Crippen LogP contribution in [0.3, 0.4) is 0 Å². The van der Waals surface area contributed by atoms with Crippen LogP contribution in [0.4, 0.5) is 0 Å². The summed E-state index contributed by atoms with van der Waals surface area (Å²) in [6.45, 7) is 2.08. The number of rotatable bonds is 5. The lowest BCUT2D eigenvalue weighted by Gasteiger charge is -2.15. The third kappa shape index (κ3) is 4.80. The van der Waals surface area contributed by atoms with Crippen LogP contribution in [-0.2, 0) is 0 Å². The van der Waals surface area contributed by atoms with Crippen LogP contribution < -0.4 is 0 Å². The monoisotopic (exact) mass is 686 g/mol. The van der Waals surface area contributed by atoms with E-state index in [0.717, 1.165) is 76.3 Å². The van der Waals surface area contributed by atoms with Gasteiger partial charge in [0.2, 0.25) is 0 Å². The van der Waals surface area contributed by atoms with Gasteiger partial charge in [0, 0.05) is 58.9 Å². The van der Waals surface area contributed by atoms with E-state index in [1.807, 2.05) is 78.9 Å². The van der Waals surface area contributed by atoms with Crippen molar-refractivity contribution in [3.8, 4) is 56.7 Å². The number of fused-ring (bicyclic) bond motifs is 6. The first kappa shape index (κ1) is 30.2. The average molecular weight is 687 g/mol. The molecule has 7 aromatic carbocycles. The van der Waals surface area contributed by atoms with Gasteiger partial charge in [-0.2, -0.15) is 0 Å². The van der Waals surface area contributed by atoms with Crippen molar-refractivity contribution in [2.45, 2.75) is 6.92 Å². The molecule has 3 aromatic heterocycles. The molecule has 1 N–H and O–H groups in total. The molecule has 10 rings (SSSR count). The molecule has 0 atom stereocenters. The number of phenolic OH excluding ortho intramolecular Hbond substituents is 1. The molecule has 0 saturated heterocycles. The number of benzene rings is 7. The zero-order chi connectivity index (χ0) is 34.8. The molecule has 6 heteroatoms. The number of thiophene rings is 1. The molecule has 0 radical (unpaired) electrons. The third-order valence-corrected chi connectivity index (χ3v) is 11.1. The molecule has 0 bridgehead atoms. The number of hydrogen-bond acceptors (Lipinski definition) is 5. The minimum Gasteiger partial charge on any atom is -0.505 e. The molecule has 52 heavy (non-hydrogen) atoms. The van der Waals surface area contributed by atoms with E-state index in [1.165, 1.54) is 4.70 Å². The van der Waals surface area contributed by atoms with Crippen molar-refractivity contribution in [2.24, 2.45) is 0 Å². The Balaban J connectivity index is 1.32. The molecular formula is C46H30N4OS. The first-order valence-corrected chi connectivity index (χ1v) is 18.1. The summed E-state index contributed by atoms with van der Waals surface area (Å²) >= 11 is 1.75. The molecule has 0 aliphatic heterocycles. The Kier molecular flexibility index (Phi) is 6.98. The predicted octanol–water partition coefficient (Wildman–Crippen LogP) is 12.0. The van der Waals surface area contributed by atoms with E-state index in [4.69, 9.17) is 15.0 Å². The van der Waals surface area contributed by atoms with Gasteiger partial charge in [-0.25, -0.2) is 15.0 Å². The highest BCUT2D eigenvalue weighted by molar-refractivity contribution is 7.26. The molecule has 5 nitrogen and oxygen atoms in total. The van der Waals surface area contributed by atoms with Gasteiger partial charge in [0.05, 0.1) is 11.0 Å². The van der Waals surface area contributed by atoms with E-state index >= 15 is 0 Å². The molecular weight excluding hydrogens is 657 g/mol. The number of hydrogen-bond donors (Lipinski definition) is 1. The minimum atomic E-state index is 0.248. The summed E-state index contributed by atoms with van der Waals surface area (Å²) in [7, 11) is 0. The molecule has 3 heterocycles. The SMILES string of the molecule is Cc1ccccc1-c1ccc2c3ccccc3n(-c3cc(-c4nc(-c5ccccc5)nc(-c5ccccc5)n4)c4sc5ccccc5c4c3)c2c1O. The van der Waals surface area contributed by atoms with Crippen LogP contribution in [0.15, 0.2) is 158 Å². The molecule has 0 fully saturated rings. The van der Waals surface area contributed by atoms with Gasteiger partial charge >= 0.3 is 0 Å². The fourth-order valence-electron chi connectivity index (χ4n) is 7.44. The van der Waals surface area contributed by atoms with Gasteiger partial charge in [-0.15, -0.1) is 11.3 Å². The average Bonchev–Trinajstić information content (AvgIpc) is 3.75. The van der Waals surface area contributed by atoms with Gasteiger partial charge in [-0.05, 0) is 48.4 Å². The second-order valence-corrected chi connectivity index (χ2v) is 14.1. The first-order chi connectivity index (χ1) is 25.6. The van der Waals surface area contributed by atoms with Gasteiger partial charge in [-0.3, -0.25) is 0 Å². The van der Waals surface area contributed by atoms with Crippen LogP contribution in [-0.4, -0.2) is 24.6 Å². The van der Waals surface area contributed by atoms with Gasteiger partial charge in [0.15, 0.2) is 17.5 Å². The zero-order valence-electron chi connectivity index (χ0n) is 28.2. The maximum absolute atomic E-state index is 12.3. The van der Waals surface area contributed by atoms with Crippen molar-refractivity contribution in [1.82, 2.24) is 19.5 Å². The van der Waals surface area contributed by atoms with E-state index < -0.39 is 0 Å². The highest BCUT2D eigenvalue weighted by Crippen LogP contribution is 2.46. The van der Waals surface area contributed by atoms with Crippen molar-refractivity contribution in [3.63, 3.8) is 0 Å². The molecule has 0 saturated carbocycles. The van der Waals surface area contributed by atoms with Gasteiger partial charge in [0.25, 0.3) is 0 Å². The van der Waals surface area contributed by atoms with Crippen molar-refractivity contribution in [2.75, 3.05) is 0 Å². The number of aryl methyl sites for hydroxylation is 1. The van der Waals surface area contributed by atoms with Gasteiger partial charge in [-0.1, -0.05) is 127 Å². The van der Waals surface area contributed by atoms with E-state index in [1.54, 1.807) is 11.3 Å². The van der Waals surface area contributed by atoms with Crippen molar-refractivity contribution >= 4 is 53.3 Å². The standard InChI is InChI=1S/C46H30N4OS/c1-28-14-8-9-19-32(28)36-25-24-35-33-20-10-12-22-39(33)50(41(35)42(36)51)31-26-37-34-21-11-13-23-40(34)52-43(37)38(27-31)46-48-44(29-15-4-2-5-16-29)47-45(49-46)30-17-6-3-7-18-30/h2-27,51H,1H3. The number of phenols is 1. The second kappa shape index (κ2) is 12.0. The van der Waals surface area contributed by atoms with E-state index in [-0.39, 0.29) is 5.75 Å². The first-order valence-electron chi connectivity index (χ1n) is 17.3. The maximum atomic E-state index is 12.3. The summed E-state index contributed by atoms with van der Waals surface area (Å²) in [6, 6.07) is 53.9. The van der Waals surface area contributed by atoms with Crippen molar-refractivity contribution in [1.29, 1.82) is 0 Å². The summed E-state index contributed by atoms with van der Waals surface area (Å²) in [5.41, 5.74) is 8.34. The molecule has 0 aliphatic carbocycles. The van der Waals surface area contributed by atoms with Crippen molar-refractivity contribution in [3.05, 3.63) is 163 Å². The highest BCUT2D eigenvalue weighted by atomic mass is 32.1. The lowest BCUT2D eigenvalue weighted by molar-refractivity contribution is 0.481. The van der Waals surface area contributed by atoms with E-state index in [0.29, 0.717) is 17.5 Å². The third-order valence-electron chi connectivity index (χ3n) is 9.91. The van der Waals surface area contributed by atoms with Crippen LogP contribution >= 0.6 is 11.3 Å². The van der Waals surface area contributed by atoms with Crippen LogP contribution in [0.1, 0.15) is 5.56 Å². The van der Waals surface area contributed by atoms with Crippen LogP contribution in [0.2, 0.25) is 0 Å². The Hall–Kier alpha value is -6.63. The number of aromatic nitrogens is 4. The Morgan fingerprint density at radius 2 is 1.12 bits per heavy atom. The molecule has 246 valence electrons. The Labute approximate surface area is 303 Å². The van der Waals surface area contributed by atoms with Crippen LogP contribution in [0.25, 0.3) is 93.0 Å². The summed E-state index contributed by atoms with van der Waals surface area (Å²) in [4.78, 5) is 15.3. The van der Waals surface area contributed by atoms with Gasteiger partial charge in [0.1, 0.15) is 5.75 Å². The number of aromatic hydroxyl groups is 1. The Morgan fingerprint density at radius 1 is 0.500 bits per heavy atom. The fraction of sp³-hybridized carbons (Fsp3) is 0.0217. The summed E-state index contributed by atoms with van der Waals surface area (Å²) in [5, 5.41) is 16.6. The lowest BCUT2D eigenvalue weighted by Crippen LogP contribution is -2.01. The van der Waals surface area contributed by atoms with Crippen LogP contribution in [0.5, 0.6) is 5.75 Å². The quantitative estimate of drug-likeness (QED) is 0.196. The molecule has 0 unspecified atom stereocenters. The van der Waals surface area contributed by atoms with Crippen LogP contribution in [0, 0.1) is 6.92 Å². The smallest absolute Gasteiger partial charge is 0.165 e.